The molecule has 1 unspecified atom stereocenters. The van der Waals surface area contributed by atoms with Crippen molar-refractivity contribution >= 4 is 17.5 Å². The highest BCUT2D eigenvalue weighted by Gasteiger charge is 2.27. The highest BCUT2D eigenvalue weighted by molar-refractivity contribution is 6.33. The molecule has 1 saturated heterocycles. The van der Waals surface area contributed by atoms with Crippen LogP contribution in [0.3, 0.4) is 0 Å². The van der Waals surface area contributed by atoms with Crippen LogP contribution < -0.4 is 0 Å². The summed E-state index contributed by atoms with van der Waals surface area (Å²) in [6.07, 6.45) is 3.15. The van der Waals surface area contributed by atoms with Crippen molar-refractivity contribution < 1.29 is 4.79 Å². The third-order valence-corrected chi connectivity index (χ3v) is 3.65. The van der Waals surface area contributed by atoms with E-state index in [1.54, 1.807) is 4.90 Å². The minimum absolute atomic E-state index is 0.0992. The van der Waals surface area contributed by atoms with Gasteiger partial charge >= 0.3 is 0 Å². The number of carbonyl (C=O) groups is 1. The average Bonchev–Trinajstić information content (AvgIpc) is 2.46. The second kappa shape index (κ2) is 6.19. The van der Waals surface area contributed by atoms with E-state index in [0.29, 0.717) is 18.9 Å². The van der Waals surface area contributed by atoms with Gasteiger partial charge in [0, 0.05) is 19.0 Å². The van der Waals surface area contributed by atoms with Gasteiger partial charge in [-0.1, -0.05) is 25.4 Å². The molecule has 1 atom stereocenters. The molecule has 1 amide bonds. The topological polar surface area (TPSA) is 69.9 Å². The lowest BCUT2D eigenvalue weighted by Crippen LogP contribution is -2.40. The maximum Gasteiger partial charge on any atom is 0.274 e. The molecule has 0 spiro atoms. The maximum atomic E-state index is 12.5. The molecule has 0 saturated carbocycles. The number of nitrogens with zero attached hydrogens (tertiary/aromatic N) is 4. The van der Waals surface area contributed by atoms with E-state index in [1.807, 2.05) is 13.8 Å². The molecule has 6 heteroatoms. The van der Waals surface area contributed by atoms with Crippen LogP contribution in [0, 0.1) is 17.2 Å². The summed E-state index contributed by atoms with van der Waals surface area (Å²) in [6.45, 7) is 5.02. The van der Waals surface area contributed by atoms with Crippen LogP contribution in [0.2, 0.25) is 5.02 Å². The number of piperidine rings is 1. The van der Waals surface area contributed by atoms with Crippen molar-refractivity contribution in [2.45, 2.75) is 32.6 Å². The molecule has 2 heterocycles. The molecule has 0 aromatic carbocycles. The highest BCUT2D eigenvalue weighted by atomic mass is 35.5. The standard InChI is InChI=1S/C14H17ClN4O/c1-9(2)13-17-7-11(15)12(18-13)14(20)19-5-3-4-10(6-16)8-19/h7,9-10H,3-5,8H2,1-2H3. The molecule has 5 nitrogen and oxygen atoms in total. The molecule has 1 aliphatic rings. The average molecular weight is 293 g/mol. The molecular formula is C14H17ClN4O. The van der Waals surface area contributed by atoms with E-state index in [9.17, 15) is 4.79 Å². The number of amides is 1. The van der Waals surface area contributed by atoms with Crippen molar-refractivity contribution in [1.29, 1.82) is 5.26 Å². The largest absolute Gasteiger partial charge is 0.336 e. The number of halogens is 1. The Hall–Kier alpha value is -1.67. The zero-order chi connectivity index (χ0) is 14.7. The predicted octanol–water partition coefficient (Wildman–Crippen LogP) is 2.63. The van der Waals surface area contributed by atoms with Crippen LogP contribution in [0.5, 0.6) is 0 Å². The van der Waals surface area contributed by atoms with E-state index in [2.05, 4.69) is 16.0 Å². The van der Waals surface area contributed by atoms with E-state index in [-0.39, 0.29) is 28.5 Å². The minimum atomic E-state index is -0.209. The number of nitriles is 1. The molecule has 0 bridgehead atoms. The first-order valence-electron chi connectivity index (χ1n) is 6.74. The molecule has 1 aromatic rings. The van der Waals surface area contributed by atoms with Gasteiger partial charge in [-0.15, -0.1) is 0 Å². The lowest BCUT2D eigenvalue weighted by Gasteiger charge is -2.29. The SMILES string of the molecule is CC(C)c1ncc(Cl)c(C(=O)N2CCCC(C#N)C2)n1. The molecule has 2 rings (SSSR count). The van der Waals surface area contributed by atoms with E-state index in [0.717, 1.165) is 12.8 Å². The molecule has 106 valence electrons. The molecule has 0 N–H and O–H groups in total. The fraction of sp³-hybridized carbons (Fsp3) is 0.571. The number of hydrogen-bond donors (Lipinski definition) is 0. The van der Waals surface area contributed by atoms with Gasteiger partial charge in [0.15, 0.2) is 5.69 Å². The molecular weight excluding hydrogens is 276 g/mol. The first-order chi connectivity index (χ1) is 9.52. The fourth-order valence-corrected chi connectivity index (χ4v) is 2.40. The van der Waals surface area contributed by atoms with E-state index in [1.165, 1.54) is 6.20 Å². The second-order valence-electron chi connectivity index (χ2n) is 5.30. The number of aromatic nitrogens is 2. The van der Waals surface area contributed by atoms with Crippen molar-refractivity contribution in [3.05, 3.63) is 22.7 Å². The monoisotopic (exact) mass is 292 g/mol. The Kier molecular flexibility index (Phi) is 4.56. The first-order valence-corrected chi connectivity index (χ1v) is 7.12. The Labute approximate surface area is 123 Å². The third kappa shape index (κ3) is 3.07. The molecule has 0 aliphatic carbocycles. The third-order valence-electron chi connectivity index (χ3n) is 3.37. The number of likely N-dealkylation sites (tertiary alicyclic amines) is 1. The minimum Gasteiger partial charge on any atom is -0.336 e. The Morgan fingerprint density at radius 1 is 1.60 bits per heavy atom. The van der Waals surface area contributed by atoms with E-state index in [4.69, 9.17) is 16.9 Å². The van der Waals surface area contributed by atoms with Crippen LogP contribution in [0.15, 0.2) is 6.20 Å². The van der Waals surface area contributed by atoms with Crippen molar-refractivity contribution in [3.63, 3.8) is 0 Å². The summed E-state index contributed by atoms with van der Waals surface area (Å²) in [5.41, 5.74) is 0.240. The van der Waals surface area contributed by atoms with Gasteiger partial charge in [0.1, 0.15) is 5.82 Å². The lowest BCUT2D eigenvalue weighted by atomic mass is 9.99. The second-order valence-corrected chi connectivity index (χ2v) is 5.71. The maximum absolute atomic E-state index is 12.5. The fourth-order valence-electron chi connectivity index (χ4n) is 2.23. The van der Waals surface area contributed by atoms with Crippen molar-refractivity contribution in [2.75, 3.05) is 13.1 Å². The smallest absolute Gasteiger partial charge is 0.274 e. The van der Waals surface area contributed by atoms with Gasteiger partial charge in [-0.05, 0) is 12.8 Å². The van der Waals surface area contributed by atoms with E-state index >= 15 is 0 Å². The zero-order valence-corrected chi connectivity index (χ0v) is 12.4. The first kappa shape index (κ1) is 14.7. The zero-order valence-electron chi connectivity index (χ0n) is 11.6. The Bertz CT molecular complexity index is 553. The Balaban J connectivity index is 2.24. The van der Waals surface area contributed by atoms with Gasteiger partial charge in [0.25, 0.3) is 5.91 Å². The van der Waals surface area contributed by atoms with Crippen LogP contribution in [0.25, 0.3) is 0 Å². The van der Waals surface area contributed by atoms with Crippen LogP contribution in [-0.4, -0.2) is 33.9 Å². The molecule has 1 aromatic heterocycles. The van der Waals surface area contributed by atoms with Crippen molar-refractivity contribution in [1.82, 2.24) is 14.9 Å². The summed E-state index contributed by atoms with van der Waals surface area (Å²) in [6, 6.07) is 2.22. The van der Waals surface area contributed by atoms with E-state index < -0.39 is 0 Å². The van der Waals surface area contributed by atoms with Gasteiger partial charge in [-0.2, -0.15) is 5.26 Å². The normalized spacial score (nSPS) is 18.9. The summed E-state index contributed by atoms with van der Waals surface area (Å²) in [5, 5.41) is 9.26. The lowest BCUT2D eigenvalue weighted by molar-refractivity contribution is 0.0692. The van der Waals surface area contributed by atoms with Gasteiger partial charge < -0.3 is 4.90 Å². The molecule has 1 aliphatic heterocycles. The van der Waals surface area contributed by atoms with Crippen LogP contribution >= 0.6 is 11.6 Å². The molecule has 1 fully saturated rings. The Morgan fingerprint density at radius 3 is 3.00 bits per heavy atom. The number of hydrogen-bond acceptors (Lipinski definition) is 4. The van der Waals surface area contributed by atoms with Crippen LogP contribution in [-0.2, 0) is 0 Å². The van der Waals surface area contributed by atoms with Crippen LogP contribution in [0.1, 0.15) is 48.9 Å². The van der Waals surface area contributed by atoms with Crippen LogP contribution in [0.4, 0.5) is 0 Å². The van der Waals surface area contributed by atoms with Gasteiger partial charge in [-0.3, -0.25) is 4.79 Å². The molecule has 0 radical (unpaired) electrons. The van der Waals surface area contributed by atoms with Gasteiger partial charge in [0.2, 0.25) is 0 Å². The number of carbonyl (C=O) groups excluding carboxylic acids is 1. The molecule has 20 heavy (non-hydrogen) atoms. The van der Waals surface area contributed by atoms with Crippen molar-refractivity contribution in [2.24, 2.45) is 5.92 Å². The predicted molar refractivity (Wildman–Crippen MR) is 75.4 cm³/mol. The summed E-state index contributed by atoms with van der Waals surface area (Å²) in [4.78, 5) is 22.6. The van der Waals surface area contributed by atoms with Crippen molar-refractivity contribution in [3.8, 4) is 6.07 Å². The summed E-state index contributed by atoms with van der Waals surface area (Å²) in [7, 11) is 0. The summed E-state index contributed by atoms with van der Waals surface area (Å²) >= 11 is 6.05. The summed E-state index contributed by atoms with van der Waals surface area (Å²) < 4.78 is 0. The quantitative estimate of drug-likeness (QED) is 0.840. The summed E-state index contributed by atoms with van der Waals surface area (Å²) in [5.74, 6) is 0.427. The van der Waals surface area contributed by atoms with Gasteiger partial charge in [0.05, 0.1) is 23.2 Å². The van der Waals surface area contributed by atoms with Gasteiger partial charge in [-0.25, -0.2) is 9.97 Å². The Morgan fingerprint density at radius 2 is 2.35 bits per heavy atom. The number of rotatable bonds is 2. The highest BCUT2D eigenvalue weighted by Crippen LogP contribution is 2.21.